The number of benzene rings is 2. The van der Waals surface area contributed by atoms with Crippen molar-refractivity contribution < 1.29 is 29.4 Å². The first-order valence-electron chi connectivity index (χ1n) is 11.5. The molecular weight excluding hydrogens is 498 g/mol. The fourth-order valence-corrected chi connectivity index (χ4v) is 4.05. The van der Waals surface area contributed by atoms with Crippen LogP contribution >= 0.6 is 12.6 Å². The molecule has 8 N–H and O–H groups in total. The summed E-state index contributed by atoms with van der Waals surface area (Å²) in [5, 5.41) is 27.4. The van der Waals surface area contributed by atoms with Gasteiger partial charge in [-0.15, -0.1) is 0 Å². The molecule has 0 bridgehead atoms. The summed E-state index contributed by atoms with van der Waals surface area (Å²) in [5.41, 5.74) is 7.64. The van der Waals surface area contributed by atoms with Crippen LogP contribution in [0.5, 0.6) is 5.75 Å². The van der Waals surface area contributed by atoms with Crippen LogP contribution < -0.4 is 21.7 Å². The number of nitrogens with one attached hydrogen (secondary N) is 4. The maximum atomic E-state index is 13.1. The third-order valence-corrected chi connectivity index (χ3v) is 6.11. The number of aliphatic carboxylic acids is 1. The second kappa shape index (κ2) is 12.8. The minimum Gasteiger partial charge on any atom is -0.508 e. The number of carboxylic acids is 1. The van der Waals surface area contributed by atoms with Gasteiger partial charge in [-0.25, -0.2) is 4.79 Å². The molecule has 0 aliphatic carbocycles. The molecule has 0 fully saturated rings. The molecule has 2 aromatic carbocycles. The predicted octanol–water partition coefficient (Wildman–Crippen LogP) is 0.0862. The zero-order valence-electron chi connectivity index (χ0n) is 19.8. The summed E-state index contributed by atoms with van der Waals surface area (Å²) in [6.07, 6.45) is 1.83. The van der Waals surface area contributed by atoms with Crippen LogP contribution in [0.1, 0.15) is 11.1 Å². The van der Waals surface area contributed by atoms with Gasteiger partial charge >= 0.3 is 5.97 Å². The van der Waals surface area contributed by atoms with E-state index in [1.54, 1.807) is 18.3 Å². The van der Waals surface area contributed by atoms with E-state index in [0.717, 1.165) is 16.5 Å². The van der Waals surface area contributed by atoms with Crippen molar-refractivity contribution in [3.63, 3.8) is 0 Å². The van der Waals surface area contributed by atoms with Crippen LogP contribution in [0.25, 0.3) is 10.9 Å². The number of aromatic amines is 1. The van der Waals surface area contributed by atoms with Crippen molar-refractivity contribution in [1.82, 2.24) is 20.9 Å². The number of nitrogens with two attached hydrogens (primary N) is 1. The van der Waals surface area contributed by atoms with Gasteiger partial charge < -0.3 is 36.9 Å². The average molecular weight is 528 g/mol. The van der Waals surface area contributed by atoms with Crippen LogP contribution in [0.15, 0.2) is 54.7 Å². The predicted molar refractivity (Wildman–Crippen MR) is 140 cm³/mol. The molecule has 3 amide bonds. The largest absolute Gasteiger partial charge is 0.508 e. The number of hydrogen-bond donors (Lipinski definition) is 8. The van der Waals surface area contributed by atoms with Gasteiger partial charge in [0.25, 0.3) is 0 Å². The maximum Gasteiger partial charge on any atom is 0.326 e. The Hall–Kier alpha value is -4.03. The van der Waals surface area contributed by atoms with E-state index >= 15 is 0 Å². The van der Waals surface area contributed by atoms with Gasteiger partial charge in [-0.2, -0.15) is 12.6 Å². The van der Waals surface area contributed by atoms with E-state index < -0.39 is 41.8 Å². The van der Waals surface area contributed by atoms with Crippen molar-refractivity contribution in [1.29, 1.82) is 0 Å². The Morgan fingerprint density at radius 1 is 0.892 bits per heavy atom. The molecule has 3 unspecified atom stereocenters. The van der Waals surface area contributed by atoms with Crippen molar-refractivity contribution in [2.45, 2.75) is 31.0 Å². The Morgan fingerprint density at radius 2 is 1.54 bits per heavy atom. The van der Waals surface area contributed by atoms with Gasteiger partial charge in [0.2, 0.25) is 17.7 Å². The lowest BCUT2D eigenvalue weighted by atomic mass is 10.0. The van der Waals surface area contributed by atoms with Gasteiger partial charge in [0.15, 0.2) is 0 Å². The highest BCUT2D eigenvalue weighted by molar-refractivity contribution is 7.80. The number of carbonyl (C=O) groups is 4. The number of thiol groups is 1. The van der Waals surface area contributed by atoms with Crippen molar-refractivity contribution in [3.8, 4) is 5.75 Å². The maximum absolute atomic E-state index is 13.1. The minimum atomic E-state index is -1.28. The number of H-pyrrole nitrogens is 1. The zero-order valence-corrected chi connectivity index (χ0v) is 20.7. The third-order valence-electron chi connectivity index (χ3n) is 5.74. The Kier molecular flexibility index (Phi) is 9.52. The lowest BCUT2D eigenvalue weighted by Gasteiger charge is -2.23. The average Bonchev–Trinajstić information content (AvgIpc) is 3.30. The number of carbonyl (C=O) groups excluding carboxylic acids is 3. The number of aromatic nitrogens is 1. The normalized spacial score (nSPS) is 13.4. The van der Waals surface area contributed by atoms with Crippen molar-refractivity contribution >= 4 is 47.2 Å². The number of amides is 3. The molecular formula is C25H29N5O6S. The molecule has 12 heteroatoms. The fourth-order valence-electron chi connectivity index (χ4n) is 3.79. The summed E-state index contributed by atoms with van der Waals surface area (Å²) in [4.78, 5) is 52.9. The molecule has 0 aliphatic heterocycles. The van der Waals surface area contributed by atoms with Gasteiger partial charge in [0.05, 0.1) is 6.54 Å². The molecule has 0 aliphatic rings. The molecule has 3 aromatic rings. The molecule has 0 saturated carbocycles. The Labute approximate surface area is 218 Å². The number of para-hydroxylation sites is 1. The number of phenolic OH excluding ortho intramolecular Hbond substituents is 1. The summed E-state index contributed by atoms with van der Waals surface area (Å²) in [6, 6.07) is 9.90. The number of carboxylic acid groups (broad SMARTS) is 1. The van der Waals surface area contributed by atoms with E-state index in [2.05, 4.69) is 33.6 Å². The Balaban J connectivity index is 1.71. The molecule has 196 valence electrons. The van der Waals surface area contributed by atoms with Gasteiger partial charge in [-0.1, -0.05) is 30.3 Å². The lowest BCUT2D eigenvalue weighted by Crippen LogP contribution is -2.57. The number of hydrogen-bond acceptors (Lipinski definition) is 7. The smallest absolute Gasteiger partial charge is 0.326 e. The first kappa shape index (κ1) is 27.6. The monoisotopic (exact) mass is 527 g/mol. The summed E-state index contributed by atoms with van der Waals surface area (Å²) >= 11 is 4.15. The number of rotatable bonds is 12. The van der Waals surface area contributed by atoms with E-state index in [-0.39, 0.29) is 30.9 Å². The molecule has 1 heterocycles. The van der Waals surface area contributed by atoms with E-state index in [9.17, 15) is 29.4 Å². The third kappa shape index (κ3) is 7.48. The summed E-state index contributed by atoms with van der Waals surface area (Å²) < 4.78 is 0. The van der Waals surface area contributed by atoms with Crippen LogP contribution in [0.2, 0.25) is 0 Å². The number of fused-ring (bicyclic) bond motifs is 1. The summed E-state index contributed by atoms with van der Waals surface area (Å²) in [7, 11) is 0. The zero-order chi connectivity index (χ0) is 26.9. The highest BCUT2D eigenvalue weighted by Gasteiger charge is 2.29. The summed E-state index contributed by atoms with van der Waals surface area (Å²) in [6.45, 7) is -0.328. The molecule has 0 spiro atoms. The number of phenols is 1. The van der Waals surface area contributed by atoms with Crippen molar-refractivity contribution in [2.24, 2.45) is 5.73 Å². The van der Waals surface area contributed by atoms with Crippen molar-refractivity contribution in [3.05, 3.63) is 65.9 Å². The van der Waals surface area contributed by atoms with Crippen LogP contribution in [0, 0.1) is 0 Å². The second-order valence-corrected chi connectivity index (χ2v) is 8.77. The van der Waals surface area contributed by atoms with Gasteiger partial charge in [-0.05, 0) is 29.3 Å². The fraction of sp³-hybridized carbons (Fsp3) is 0.280. The second-order valence-electron chi connectivity index (χ2n) is 8.40. The SMILES string of the molecule is NCC(=O)NC(Cc1c[nH]c2ccccc12)C(=O)NC(CS)C(=O)NC(Cc1ccc(O)cc1)C(=O)O. The van der Waals surface area contributed by atoms with Gasteiger partial charge in [0, 0.05) is 35.7 Å². The van der Waals surface area contributed by atoms with Crippen LogP contribution in [0.3, 0.4) is 0 Å². The lowest BCUT2D eigenvalue weighted by molar-refractivity contribution is -0.142. The van der Waals surface area contributed by atoms with Gasteiger partial charge in [-0.3, -0.25) is 14.4 Å². The summed E-state index contributed by atoms with van der Waals surface area (Å²) in [5.74, 6) is -3.29. The Morgan fingerprint density at radius 3 is 2.19 bits per heavy atom. The quantitative estimate of drug-likeness (QED) is 0.153. The first-order chi connectivity index (χ1) is 17.7. The standard InChI is InChI=1S/C25H29N5O6S/c26-11-22(32)28-19(10-15-12-27-18-4-2-1-3-17(15)18)23(33)30-21(13-37)24(34)29-20(25(35)36)9-14-5-7-16(31)8-6-14/h1-8,12,19-21,27,31,37H,9-11,13,26H2,(H,28,32)(H,29,34)(H,30,33)(H,35,36). The van der Waals surface area contributed by atoms with Crippen LogP contribution in [0.4, 0.5) is 0 Å². The molecule has 1 aromatic heterocycles. The van der Waals surface area contributed by atoms with Gasteiger partial charge in [0.1, 0.15) is 23.9 Å². The minimum absolute atomic E-state index is 0.0291. The molecule has 11 nitrogen and oxygen atoms in total. The first-order valence-corrected chi connectivity index (χ1v) is 12.1. The van der Waals surface area contributed by atoms with E-state index in [1.807, 2.05) is 24.3 Å². The molecule has 0 saturated heterocycles. The Bertz CT molecular complexity index is 1260. The molecule has 3 rings (SSSR count). The molecule has 3 atom stereocenters. The van der Waals surface area contributed by atoms with Crippen LogP contribution in [-0.4, -0.2) is 69.3 Å². The van der Waals surface area contributed by atoms with E-state index in [0.29, 0.717) is 5.56 Å². The highest BCUT2D eigenvalue weighted by Crippen LogP contribution is 2.19. The van der Waals surface area contributed by atoms with Crippen molar-refractivity contribution in [2.75, 3.05) is 12.3 Å². The van der Waals surface area contributed by atoms with Crippen LogP contribution in [-0.2, 0) is 32.0 Å². The highest BCUT2D eigenvalue weighted by atomic mass is 32.1. The topological polar surface area (TPSA) is 187 Å². The van der Waals surface area contributed by atoms with E-state index in [1.165, 1.54) is 12.1 Å². The molecule has 37 heavy (non-hydrogen) atoms. The van der Waals surface area contributed by atoms with E-state index in [4.69, 9.17) is 5.73 Å². The molecule has 0 radical (unpaired) electrons. The number of aromatic hydroxyl groups is 1.